The van der Waals surface area contributed by atoms with Crippen molar-refractivity contribution in [1.29, 1.82) is 0 Å². The zero-order chi connectivity index (χ0) is 19.0. The summed E-state index contributed by atoms with van der Waals surface area (Å²) < 4.78 is 42.2. The van der Waals surface area contributed by atoms with Crippen LogP contribution in [0.5, 0.6) is 0 Å². The predicted molar refractivity (Wildman–Crippen MR) is 89.7 cm³/mol. The second kappa shape index (κ2) is 6.64. The molecular weight excluding hydrogens is 358 g/mol. The molecule has 2 heterocycles. The van der Waals surface area contributed by atoms with Crippen LogP contribution in [0.15, 0.2) is 51.4 Å². The Morgan fingerprint density at radius 1 is 1.15 bits per heavy atom. The van der Waals surface area contributed by atoms with Gasteiger partial charge >= 0.3 is 5.97 Å². The van der Waals surface area contributed by atoms with Gasteiger partial charge in [-0.1, -0.05) is 17.3 Å². The first-order valence-corrected chi connectivity index (χ1v) is 7.96. The lowest BCUT2D eigenvalue weighted by Gasteiger charge is -1.99. The minimum absolute atomic E-state index is 0.00154. The molecule has 0 bridgehead atoms. The summed E-state index contributed by atoms with van der Waals surface area (Å²) in [5.41, 5.74) is 1.03. The summed E-state index contributed by atoms with van der Waals surface area (Å²) in [5, 5.41) is 4.26. The number of nitrogens with zero attached hydrogens (tertiary/aromatic N) is 2. The maximum Gasteiger partial charge on any atom is 0.375 e. The van der Waals surface area contributed by atoms with Gasteiger partial charge in [-0.3, -0.25) is 0 Å². The quantitative estimate of drug-likeness (QED) is 0.495. The highest BCUT2D eigenvalue weighted by Gasteiger charge is 2.21. The minimum atomic E-state index is -0.773. The Bertz CT molecular complexity index is 1130. The first kappa shape index (κ1) is 16.9. The van der Waals surface area contributed by atoms with Crippen molar-refractivity contribution in [2.45, 2.75) is 13.5 Å². The summed E-state index contributed by atoms with van der Waals surface area (Å²) in [6, 6.07) is 9.98. The molecule has 0 saturated heterocycles. The number of halogens is 2. The van der Waals surface area contributed by atoms with Gasteiger partial charge in [0.25, 0.3) is 5.89 Å². The maximum atomic E-state index is 13.8. The molecule has 2 aromatic carbocycles. The van der Waals surface area contributed by atoms with Crippen molar-refractivity contribution < 1.29 is 27.3 Å². The highest BCUT2D eigenvalue weighted by atomic mass is 19.1. The van der Waals surface area contributed by atoms with Gasteiger partial charge in [0.2, 0.25) is 11.6 Å². The van der Waals surface area contributed by atoms with Crippen LogP contribution in [0.1, 0.15) is 22.0 Å². The van der Waals surface area contributed by atoms with Crippen LogP contribution in [0.2, 0.25) is 0 Å². The molecule has 0 aliphatic rings. The van der Waals surface area contributed by atoms with Crippen molar-refractivity contribution in [3.63, 3.8) is 0 Å². The molecular formula is C19H12F2N2O4. The first-order valence-electron chi connectivity index (χ1n) is 7.96. The number of furan rings is 1. The smallest absolute Gasteiger partial charge is 0.375 e. The molecule has 136 valence electrons. The molecule has 0 atom stereocenters. The Labute approximate surface area is 151 Å². The number of aryl methyl sites for hydroxylation is 1. The molecule has 0 aliphatic carbocycles. The van der Waals surface area contributed by atoms with E-state index in [4.69, 9.17) is 13.7 Å². The summed E-state index contributed by atoms with van der Waals surface area (Å²) in [6.45, 7) is 1.35. The van der Waals surface area contributed by atoms with Crippen LogP contribution in [0.3, 0.4) is 0 Å². The number of aromatic nitrogens is 2. The van der Waals surface area contributed by atoms with E-state index in [1.165, 1.54) is 36.4 Å². The van der Waals surface area contributed by atoms with E-state index >= 15 is 0 Å². The van der Waals surface area contributed by atoms with Crippen molar-refractivity contribution in [1.82, 2.24) is 10.1 Å². The van der Waals surface area contributed by atoms with Gasteiger partial charge in [-0.05, 0) is 37.3 Å². The molecule has 0 spiro atoms. The summed E-state index contributed by atoms with van der Waals surface area (Å²) in [4.78, 5) is 16.4. The molecule has 0 fully saturated rings. The molecule has 4 rings (SSSR count). The molecule has 0 N–H and O–H groups in total. The molecule has 0 radical (unpaired) electrons. The summed E-state index contributed by atoms with van der Waals surface area (Å²) in [6.07, 6.45) is 0. The molecule has 8 heteroatoms. The van der Waals surface area contributed by atoms with Crippen molar-refractivity contribution in [2.75, 3.05) is 0 Å². The van der Waals surface area contributed by atoms with Crippen molar-refractivity contribution in [2.24, 2.45) is 0 Å². The standard InChI is InChI=1S/C19H12F2N2O4/c1-10-13-3-2-4-14(21)17(13)26-16(10)19(24)25-9-15-22-18(23-27-15)11-5-7-12(20)8-6-11/h2-8H,9H2,1H3. The van der Waals surface area contributed by atoms with Crippen LogP contribution < -0.4 is 0 Å². The topological polar surface area (TPSA) is 78.4 Å². The van der Waals surface area contributed by atoms with Crippen molar-refractivity contribution in [3.05, 3.63) is 71.3 Å². The predicted octanol–water partition coefficient (Wildman–Crippen LogP) is 4.43. The second-order valence-corrected chi connectivity index (χ2v) is 5.77. The lowest BCUT2D eigenvalue weighted by atomic mass is 10.1. The third-order valence-corrected chi connectivity index (χ3v) is 4.00. The van der Waals surface area contributed by atoms with Gasteiger partial charge in [0.1, 0.15) is 5.82 Å². The number of hydrogen-bond acceptors (Lipinski definition) is 6. The number of ether oxygens (including phenoxy) is 1. The molecule has 0 amide bonds. The molecule has 4 aromatic rings. The number of fused-ring (bicyclic) bond motifs is 1. The van der Waals surface area contributed by atoms with Crippen molar-refractivity contribution in [3.8, 4) is 11.4 Å². The molecule has 2 aromatic heterocycles. The van der Waals surface area contributed by atoms with Gasteiger partial charge in [-0.25, -0.2) is 13.6 Å². The van der Waals surface area contributed by atoms with Crippen LogP contribution in [0.4, 0.5) is 8.78 Å². The molecule has 0 saturated carbocycles. The third-order valence-electron chi connectivity index (χ3n) is 4.00. The fourth-order valence-electron chi connectivity index (χ4n) is 2.63. The SMILES string of the molecule is Cc1c(C(=O)OCc2nc(-c3ccc(F)cc3)no2)oc2c(F)cccc12. The van der Waals surface area contributed by atoms with Gasteiger partial charge < -0.3 is 13.7 Å². The second-order valence-electron chi connectivity index (χ2n) is 5.77. The Kier molecular flexibility index (Phi) is 4.15. The zero-order valence-corrected chi connectivity index (χ0v) is 14.0. The maximum absolute atomic E-state index is 13.8. The normalized spacial score (nSPS) is 11.1. The van der Waals surface area contributed by atoms with E-state index in [-0.39, 0.29) is 35.5 Å². The number of hydrogen-bond donors (Lipinski definition) is 0. The van der Waals surface area contributed by atoms with Gasteiger partial charge in [0.05, 0.1) is 0 Å². The summed E-state index contributed by atoms with van der Waals surface area (Å²) in [7, 11) is 0. The van der Waals surface area contributed by atoms with E-state index in [1.54, 1.807) is 13.0 Å². The van der Waals surface area contributed by atoms with Crippen LogP contribution in [-0.4, -0.2) is 16.1 Å². The molecule has 0 aliphatic heterocycles. The van der Waals surface area contributed by atoms with Gasteiger partial charge in [-0.2, -0.15) is 4.98 Å². The van der Waals surface area contributed by atoms with E-state index in [9.17, 15) is 13.6 Å². The molecule has 6 nitrogen and oxygen atoms in total. The average Bonchev–Trinajstić information content (AvgIpc) is 3.27. The summed E-state index contributed by atoms with van der Waals surface area (Å²) in [5.74, 6) is -1.51. The molecule has 0 unspecified atom stereocenters. The fraction of sp³-hybridized carbons (Fsp3) is 0.105. The Morgan fingerprint density at radius 3 is 2.67 bits per heavy atom. The number of esters is 1. The number of rotatable bonds is 4. The first-order chi connectivity index (χ1) is 13.0. The van der Waals surface area contributed by atoms with E-state index in [2.05, 4.69) is 10.1 Å². The Morgan fingerprint density at radius 2 is 1.93 bits per heavy atom. The average molecular weight is 370 g/mol. The highest BCUT2D eigenvalue weighted by molar-refractivity contribution is 5.96. The number of benzene rings is 2. The highest BCUT2D eigenvalue weighted by Crippen LogP contribution is 2.28. The van der Waals surface area contributed by atoms with Crippen LogP contribution in [-0.2, 0) is 11.3 Å². The fourth-order valence-corrected chi connectivity index (χ4v) is 2.63. The van der Waals surface area contributed by atoms with Crippen molar-refractivity contribution >= 4 is 16.9 Å². The minimum Gasteiger partial charge on any atom is -0.450 e. The van der Waals surface area contributed by atoms with E-state index < -0.39 is 11.8 Å². The number of carbonyl (C=O) groups is 1. The zero-order valence-electron chi connectivity index (χ0n) is 14.0. The van der Waals surface area contributed by atoms with Gasteiger partial charge in [0.15, 0.2) is 18.0 Å². The third kappa shape index (κ3) is 3.17. The Hall–Kier alpha value is -3.55. The number of para-hydroxylation sites is 1. The Balaban J connectivity index is 1.49. The van der Waals surface area contributed by atoms with Crippen LogP contribution in [0, 0.1) is 18.6 Å². The van der Waals surface area contributed by atoms with E-state index in [0.29, 0.717) is 16.5 Å². The van der Waals surface area contributed by atoms with E-state index in [0.717, 1.165) is 0 Å². The molecule has 27 heavy (non-hydrogen) atoms. The lowest BCUT2D eigenvalue weighted by Crippen LogP contribution is -2.05. The van der Waals surface area contributed by atoms with Crippen LogP contribution >= 0.6 is 0 Å². The number of carbonyl (C=O) groups excluding carboxylic acids is 1. The monoisotopic (exact) mass is 370 g/mol. The lowest BCUT2D eigenvalue weighted by molar-refractivity contribution is 0.0395. The van der Waals surface area contributed by atoms with Gasteiger partial charge in [0, 0.05) is 16.5 Å². The largest absolute Gasteiger partial charge is 0.450 e. The van der Waals surface area contributed by atoms with Gasteiger partial charge in [-0.15, -0.1) is 0 Å². The summed E-state index contributed by atoms with van der Waals surface area (Å²) >= 11 is 0. The van der Waals surface area contributed by atoms with E-state index in [1.807, 2.05) is 0 Å². The van der Waals surface area contributed by atoms with Crippen LogP contribution in [0.25, 0.3) is 22.4 Å².